The number of rotatable bonds is 4. The minimum atomic E-state index is -3.31. The van der Waals surface area contributed by atoms with E-state index in [1.165, 1.54) is 16.1 Å². The molecule has 4 heterocycles. The molecule has 0 saturated carbocycles. The Morgan fingerprint density at radius 3 is 2.42 bits per heavy atom. The van der Waals surface area contributed by atoms with E-state index in [0.717, 1.165) is 37.3 Å². The standard InChI is InChI=1S/C22H29N5O3S/c1-3-18-14-17(2)21(24-15-18)25-9-11-26(12-10-25)22(28)19-6-7-20(23-16-19)27-8-4-5-13-31(27,29)30/h6-7,14-16H,3-5,8-13H2,1-2H3. The molecule has 2 aliphatic rings. The smallest absolute Gasteiger partial charge is 0.255 e. The molecular formula is C22H29N5O3S. The maximum Gasteiger partial charge on any atom is 0.255 e. The number of aromatic nitrogens is 2. The first kappa shape index (κ1) is 21.5. The van der Waals surface area contributed by atoms with Crippen molar-refractivity contribution in [1.82, 2.24) is 14.9 Å². The van der Waals surface area contributed by atoms with Gasteiger partial charge in [0.25, 0.3) is 5.91 Å². The predicted molar refractivity (Wildman–Crippen MR) is 121 cm³/mol. The maximum absolute atomic E-state index is 12.9. The van der Waals surface area contributed by atoms with Gasteiger partial charge in [-0.1, -0.05) is 13.0 Å². The van der Waals surface area contributed by atoms with Gasteiger partial charge in [-0.15, -0.1) is 0 Å². The molecule has 0 atom stereocenters. The topological polar surface area (TPSA) is 86.7 Å². The molecule has 0 unspecified atom stereocenters. The van der Waals surface area contributed by atoms with Gasteiger partial charge >= 0.3 is 0 Å². The Kier molecular flexibility index (Phi) is 6.13. The number of carbonyl (C=O) groups excluding carboxylic acids is 1. The van der Waals surface area contributed by atoms with E-state index in [9.17, 15) is 13.2 Å². The Morgan fingerprint density at radius 2 is 1.81 bits per heavy atom. The summed E-state index contributed by atoms with van der Waals surface area (Å²) in [6.45, 7) is 7.31. The van der Waals surface area contributed by atoms with Crippen LogP contribution >= 0.6 is 0 Å². The van der Waals surface area contributed by atoms with Gasteiger partial charge in [0, 0.05) is 45.1 Å². The highest BCUT2D eigenvalue weighted by Crippen LogP contribution is 2.23. The van der Waals surface area contributed by atoms with E-state index in [1.54, 1.807) is 12.1 Å². The van der Waals surface area contributed by atoms with Gasteiger partial charge in [-0.05, 0) is 49.4 Å². The molecule has 2 saturated heterocycles. The van der Waals surface area contributed by atoms with Crippen LogP contribution < -0.4 is 9.21 Å². The van der Waals surface area contributed by atoms with Gasteiger partial charge in [-0.25, -0.2) is 18.4 Å². The Bertz CT molecular complexity index is 1050. The lowest BCUT2D eigenvalue weighted by atomic mass is 10.1. The van der Waals surface area contributed by atoms with Crippen LogP contribution in [0.4, 0.5) is 11.6 Å². The van der Waals surface area contributed by atoms with Crippen molar-refractivity contribution in [1.29, 1.82) is 0 Å². The van der Waals surface area contributed by atoms with Crippen LogP contribution in [0.25, 0.3) is 0 Å². The molecule has 8 nitrogen and oxygen atoms in total. The lowest BCUT2D eigenvalue weighted by Crippen LogP contribution is -2.49. The molecule has 2 fully saturated rings. The molecule has 0 bridgehead atoms. The fourth-order valence-corrected chi connectivity index (χ4v) is 5.75. The fraction of sp³-hybridized carbons (Fsp3) is 0.500. The summed E-state index contributed by atoms with van der Waals surface area (Å²) in [5.41, 5.74) is 2.86. The molecule has 2 aromatic rings. The third-order valence-corrected chi connectivity index (χ3v) is 7.83. The minimum Gasteiger partial charge on any atom is -0.353 e. The fourth-order valence-electron chi connectivity index (χ4n) is 4.16. The summed E-state index contributed by atoms with van der Waals surface area (Å²) in [5, 5.41) is 0. The minimum absolute atomic E-state index is 0.0776. The second-order valence-electron chi connectivity index (χ2n) is 8.12. The van der Waals surface area contributed by atoms with E-state index in [1.807, 2.05) is 11.1 Å². The van der Waals surface area contributed by atoms with Crippen molar-refractivity contribution in [2.45, 2.75) is 33.1 Å². The van der Waals surface area contributed by atoms with E-state index < -0.39 is 10.0 Å². The monoisotopic (exact) mass is 443 g/mol. The second-order valence-corrected chi connectivity index (χ2v) is 10.1. The SMILES string of the molecule is CCc1cnc(N2CCN(C(=O)c3ccc(N4CCCCS4(=O)=O)nc3)CC2)c(C)c1. The number of anilines is 2. The molecule has 0 radical (unpaired) electrons. The van der Waals surface area contributed by atoms with Crippen LogP contribution in [0.2, 0.25) is 0 Å². The van der Waals surface area contributed by atoms with Crippen molar-refractivity contribution in [2.75, 3.05) is 47.7 Å². The number of hydrogen-bond donors (Lipinski definition) is 0. The number of nitrogens with zero attached hydrogens (tertiary/aromatic N) is 5. The van der Waals surface area contributed by atoms with Crippen molar-refractivity contribution < 1.29 is 13.2 Å². The molecule has 166 valence electrons. The van der Waals surface area contributed by atoms with Gasteiger partial charge < -0.3 is 9.80 Å². The molecule has 31 heavy (non-hydrogen) atoms. The number of sulfonamides is 1. The summed E-state index contributed by atoms with van der Waals surface area (Å²) in [6, 6.07) is 5.49. The molecule has 0 spiro atoms. The van der Waals surface area contributed by atoms with E-state index >= 15 is 0 Å². The Morgan fingerprint density at radius 1 is 1.03 bits per heavy atom. The van der Waals surface area contributed by atoms with Crippen LogP contribution in [0, 0.1) is 6.92 Å². The summed E-state index contributed by atoms with van der Waals surface area (Å²) in [6.07, 6.45) is 5.88. The zero-order chi connectivity index (χ0) is 22.0. The Hall–Kier alpha value is -2.68. The number of carbonyl (C=O) groups is 1. The van der Waals surface area contributed by atoms with E-state index in [2.05, 4.69) is 34.8 Å². The van der Waals surface area contributed by atoms with E-state index in [-0.39, 0.29) is 11.7 Å². The first-order valence-corrected chi connectivity index (χ1v) is 12.5. The van der Waals surface area contributed by atoms with Crippen molar-refractivity contribution in [3.8, 4) is 0 Å². The molecule has 2 aromatic heterocycles. The number of pyridine rings is 2. The van der Waals surface area contributed by atoms with Crippen molar-refractivity contribution in [2.24, 2.45) is 0 Å². The van der Waals surface area contributed by atoms with Gasteiger partial charge in [0.1, 0.15) is 11.6 Å². The summed E-state index contributed by atoms with van der Waals surface area (Å²) in [4.78, 5) is 25.9. The average Bonchev–Trinajstić information content (AvgIpc) is 2.78. The summed E-state index contributed by atoms with van der Waals surface area (Å²) in [5.74, 6) is 1.44. The highest BCUT2D eigenvalue weighted by molar-refractivity contribution is 7.92. The number of piperazine rings is 1. The first-order chi connectivity index (χ1) is 14.9. The third kappa shape index (κ3) is 4.51. The van der Waals surface area contributed by atoms with Gasteiger partial charge in [0.2, 0.25) is 10.0 Å². The first-order valence-electron chi connectivity index (χ1n) is 10.9. The number of aryl methyl sites for hydroxylation is 2. The molecule has 0 N–H and O–H groups in total. The third-order valence-electron chi connectivity index (χ3n) is 5.98. The summed E-state index contributed by atoms with van der Waals surface area (Å²) in [7, 11) is -3.31. The van der Waals surface area contributed by atoms with Crippen molar-refractivity contribution in [3.05, 3.63) is 47.3 Å². The van der Waals surface area contributed by atoms with Crippen LogP contribution in [0.5, 0.6) is 0 Å². The zero-order valence-corrected chi connectivity index (χ0v) is 18.9. The molecule has 2 aliphatic heterocycles. The Balaban J connectivity index is 1.40. The van der Waals surface area contributed by atoms with Gasteiger partial charge in [0.05, 0.1) is 11.3 Å². The van der Waals surface area contributed by atoms with Gasteiger partial charge in [0.15, 0.2) is 0 Å². The lowest BCUT2D eigenvalue weighted by Gasteiger charge is -2.36. The normalized spacial score (nSPS) is 18.8. The van der Waals surface area contributed by atoms with Gasteiger partial charge in [-0.3, -0.25) is 9.10 Å². The summed E-state index contributed by atoms with van der Waals surface area (Å²) < 4.78 is 25.9. The average molecular weight is 444 g/mol. The molecule has 0 aliphatic carbocycles. The molecule has 1 amide bonds. The molecule has 9 heteroatoms. The predicted octanol–water partition coefficient (Wildman–Crippen LogP) is 2.24. The summed E-state index contributed by atoms with van der Waals surface area (Å²) >= 11 is 0. The van der Waals surface area contributed by atoms with Crippen LogP contribution in [-0.2, 0) is 16.4 Å². The van der Waals surface area contributed by atoms with Crippen LogP contribution in [-0.4, -0.2) is 67.7 Å². The van der Waals surface area contributed by atoms with Crippen molar-refractivity contribution in [3.63, 3.8) is 0 Å². The number of amides is 1. The Labute approximate surface area is 183 Å². The lowest BCUT2D eigenvalue weighted by molar-refractivity contribution is 0.0746. The molecular weight excluding hydrogens is 414 g/mol. The van der Waals surface area contributed by atoms with E-state index in [4.69, 9.17) is 0 Å². The van der Waals surface area contributed by atoms with Crippen molar-refractivity contribution >= 4 is 27.6 Å². The number of hydrogen-bond acceptors (Lipinski definition) is 6. The van der Waals surface area contributed by atoms with Crippen LogP contribution in [0.1, 0.15) is 41.3 Å². The highest BCUT2D eigenvalue weighted by Gasteiger charge is 2.28. The molecule has 0 aromatic carbocycles. The molecule has 4 rings (SSSR count). The maximum atomic E-state index is 12.9. The zero-order valence-electron chi connectivity index (χ0n) is 18.1. The van der Waals surface area contributed by atoms with Gasteiger partial charge in [-0.2, -0.15) is 0 Å². The largest absolute Gasteiger partial charge is 0.353 e. The second kappa shape index (κ2) is 8.82. The van der Waals surface area contributed by atoms with Crippen LogP contribution in [0.15, 0.2) is 30.6 Å². The highest BCUT2D eigenvalue weighted by atomic mass is 32.2. The quantitative estimate of drug-likeness (QED) is 0.720. The van der Waals surface area contributed by atoms with Crippen LogP contribution in [0.3, 0.4) is 0 Å². The van der Waals surface area contributed by atoms with E-state index in [0.29, 0.717) is 37.4 Å².